The Balaban J connectivity index is 1.11. The molecule has 2 N–H and O–H groups in total. The van der Waals surface area contributed by atoms with Crippen LogP contribution >= 0.6 is 0 Å². The van der Waals surface area contributed by atoms with Gasteiger partial charge in [0.2, 0.25) is 5.91 Å². The first-order valence-corrected chi connectivity index (χ1v) is 22.6. The van der Waals surface area contributed by atoms with Gasteiger partial charge in [0.05, 0.1) is 58.3 Å². The minimum absolute atomic E-state index is 0.0451. The maximum Gasteiger partial charge on any atom is 0.264 e. The SMILES string of the molecule is COc1ccc([Si](C)(C)[C@@H]2[C@@H](CCn3cc(C(CO)c4ccccc4)nn3)O[C@]3(C(=O)N(Cc4ccc(N5CCNCC5=O)cc4)c4ccccc43)[C@H]2C)cc1. The van der Waals surface area contributed by atoms with Crippen LogP contribution in [-0.2, 0) is 33.0 Å². The maximum absolute atomic E-state index is 15.2. The molecule has 0 aliphatic carbocycles. The number of nitrogens with zero attached hydrogens (tertiary/aromatic N) is 5. The lowest BCUT2D eigenvalue weighted by atomic mass is 9.82. The number of aromatic nitrogens is 3. The molecule has 2 fully saturated rings. The van der Waals surface area contributed by atoms with E-state index in [1.54, 1.807) is 7.11 Å². The zero-order chi connectivity index (χ0) is 39.0. The van der Waals surface area contributed by atoms with Gasteiger partial charge < -0.3 is 29.7 Å². The van der Waals surface area contributed by atoms with Crippen molar-refractivity contribution in [3.63, 3.8) is 0 Å². The molecule has 12 heteroatoms. The minimum atomic E-state index is -2.34. The Morgan fingerprint density at radius 2 is 1.71 bits per heavy atom. The molecule has 4 heterocycles. The lowest BCUT2D eigenvalue weighted by Crippen LogP contribution is -2.51. The first-order chi connectivity index (χ1) is 27.1. The van der Waals surface area contributed by atoms with Gasteiger partial charge in [-0.25, -0.2) is 0 Å². The van der Waals surface area contributed by atoms with Crippen LogP contribution in [0.2, 0.25) is 18.6 Å². The Morgan fingerprint density at radius 3 is 2.43 bits per heavy atom. The van der Waals surface area contributed by atoms with E-state index >= 15 is 4.79 Å². The molecule has 4 aromatic carbocycles. The van der Waals surface area contributed by atoms with Crippen LogP contribution in [0.1, 0.15) is 41.6 Å². The summed E-state index contributed by atoms with van der Waals surface area (Å²) in [7, 11) is -0.665. The fourth-order valence-electron chi connectivity index (χ4n) is 9.43. The lowest BCUT2D eigenvalue weighted by molar-refractivity contribution is -0.146. The number of ether oxygens (including phenoxy) is 2. The highest BCUT2D eigenvalue weighted by molar-refractivity contribution is 6.91. The Hall–Kier alpha value is -5.14. The van der Waals surface area contributed by atoms with Crippen molar-refractivity contribution in [1.82, 2.24) is 20.3 Å². The van der Waals surface area contributed by atoms with Crippen LogP contribution in [0.25, 0.3) is 0 Å². The van der Waals surface area contributed by atoms with Crippen LogP contribution in [0, 0.1) is 5.92 Å². The summed E-state index contributed by atoms with van der Waals surface area (Å²) in [5.41, 5.74) is 4.21. The first kappa shape index (κ1) is 37.8. The molecule has 0 radical (unpaired) electrons. The molecule has 2 amide bonds. The number of carbonyl (C=O) groups excluding carboxylic acids is 2. The predicted octanol–water partition coefficient (Wildman–Crippen LogP) is 5.20. The van der Waals surface area contributed by atoms with Gasteiger partial charge in [0.1, 0.15) is 5.75 Å². The van der Waals surface area contributed by atoms with Gasteiger partial charge >= 0.3 is 0 Å². The average Bonchev–Trinajstić information content (AvgIpc) is 3.88. The summed E-state index contributed by atoms with van der Waals surface area (Å²) in [4.78, 5) is 31.5. The van der Waals surface area contributed by atoms with Crippen molar-refractivity contribution in [3.8, 4) is 5.75 Å². The van der Waals surface area contributed by atoms with Gasteiger partial charge in [0.15, 0.2) is 5.60 Å². The second kappa shape index (κ2) is 15.4. The van der Waals surface area contributed by atoms with E-state index in [0.29, 0.717) is 38.3 Å². The van der Waals surface area contributed by atoms with Crippen LogP contribution in [0.5, 0.6) is 5.75 Å². The number of para-hydroxylation sites is 1. The largest absolute Gasteiger partial charge is 0.497 e. The molecule has 0 bridgehead atoms. The number of carbonyl (C=O) groups is 2. The summed E-state index contributed by atoms with van der Waals surface area (Å²) in [5, 5.41) is 23.7. The maximum atomic E-state index is 15.2. The number of piperazine rings is 1. The minimum Gasteiger partial charge on any atom is -0.497 e. The predicted molar refractivity (Wildman–Crippen MR) is 219 cm³/mol. The summed E-state index contributed by atoms with van der Waals surface area (Å²) in [6.45, 7) is 9.55. The number of rotatable bonds is 12. The number of hydrogen-bond donors (Lipinski definition) is 2. The second-order valence-electron chi connectivity index (χ2n) is 15.8. The molecule has 3 aliphatic rings. The topological polar surface area (TPSA) is 122 Å². The fourth-order valence-corrected chi connectivity index (χ4v) is 13.5. The molecule has 1 unspecified atom stereocenters. The van der Waals surface area contributed by atoms with Crippen molar-refractivity contribution in [2.75, 3.05) is 43.2 Å². The van der Waals surface area contributed by atoms with Crippen molar-refractivity contribution >= 4 is 36.4 Å². The van der Waals surface area contributed by atoms with Crippen LogP contribution in [0.4, 0.5) is 11.4 Å². The lowest BCUT2D eigenvalue weighted by Gasteiger charge is -2.37. The molecule has 0 saturated carbocycles. The van der Waals surface area contributed by atoms with E-state index in [4.69, 9.17) is 9.47 Å². The van der Waals surface area contributed by atoms with Gasteiger partial charge in [-0.3, -0.25) is 14.3 Å². The monoisotopic (exact) mass is 770 g/mol. The average molecular weight is 771 g/mol. The van der Waals surface area contributed by atoms with Crippen LogP contribution in [-0.4, -0.2) is 79.4 Å². The molecule has 56 heavy (non-hydrogen) atoms. The van der Waals surface area contributed by atoms with E-state index in [1.165, 1.54) is 5.19 Å². The first-order valence-electron chi connectivity index (χ1n) is 19.6. The van der Waals surface area contributed by atoms with Crippen molar-refractivity contribution < 1.29 is 24.2 Å². The third kappa shape index (κ3) is 6.64. The number of amides is 2. The third-order valence-electron chi connectivity index (χ3n) is 12.4. The van der Waals surface area contributed by atoms with Crippen LogP contribution in [0.3, 0.4) is 0 Å². The molecular formula is C44H50N6O5Si. The smallest absolute Gasteiger partial charge is 0.264 e. The normalized spacial score (nSPS) is 22.8. The Kier molecular flexibility index (Phi) is 10.4. The van der Waals surface area contributed by atoms with E-state index in [0.717, 1.165) is 40.4 Å². The highest BCUT2D eigenvalue weighted by Crippen LogP contribution is 2.60. The second-order valence-corrected chi connectivity index (χ2v) is 20.5. The zero-order valence-electron chi connectivity index (χ0n) is 32.5. The van der Waals surface area contributed by atoms with E-state index in [2.05, 4.69) is 53.8 Å². The van der Waals surface area contributed by atoms with Gasteiger partial charge in [-0.1, -0.05) is 103 Å². The van der Waals surface area contributed by atoms with Gasteiger partial charge in [-0.2, -0.15) is 0 Å². The van der Waals surface area contributed by atoms with Gasteiger partial charge in [0.25, 0.3) is 5.91 Å². The third-order valence-corrected chi connectivity index (χ3v) is 16.7. The molecule has 5 aromatic rings. The standard InChI is InChI=1S/C44H50N6O5Si/c1-30-42(56(3,4)35-20-18-34(54-2)19-21-35)40(22-24-48-28-38(46-47-48)36(29-51)32-10-6-5-7-11-32)55-44(30)37-12-8-9-13-39(37)50(43(44)53)27-31-14-16-33(17-15-31)49-25-23-45-26-41(49)52/h5-21,28,30,36,40,42,45,51H,22-27,29H2,1-4H3/t30-,36?,40+,42-,44+/m0/s1. The summed E-state index contributed by atoms with van der Waals surface area (Å²) < 4.78 is 14.7. The van der Waals surface area contributed by atoms with E-state index < -0.39 is 13.7 Å². The van der Waals surface area contributed by atoms with Crippen molar-refractivity contribution in [1.29, 1.82) is 0 Å². The molecule has 1 spiro atoms. The van der Waals surface area contributed by atoms with Crippen molar-refractivity contribution in [2.24, 2.45) is 5.92 Å². The van der Waals surface area contributed by atoms with Gasteiger partial charge in [-0.05, 0) is 53.4 Å². The van der Waals surface area contributed by atoms with Crippen molar-refractivity contribution in [2.45, 2.75) is 62.7 Å². The Morgan fingerprint density at radius 1 is 0.982 bits per heavy atom. The summed E-state index contributed by atoms with van der Waals surface area (Å²) in [6.07, 6.45) is 2.30. The molecule has 290 valence electrons. The highest BCUT2D eigenvalue weighted by Gasteiger charge is 2.66. The van der Waals surface area contributed by atoms with Crippen molar-refractivity contribution in [3.05, 3.63) is 132 Å². The van der Waals surface area contributed by atoms with Gasteiger partial charge in [0, 0.05) is 43.0 Å². The number of aliphatic hydroxyl groups is 1. The number of benzene rings is 4. The van der Waals surface area contributed by atoms with E-state index in [9.17, 15) is 9.90 Å². The number of fused-ring (bicyclic) bond motifs is 2. The van der Waals surface area contributed by atoms with E-state index in [-0.39, 0.29) is 41.9 Å². The number of nitrogens with one attached hydrogen (secondary N) is 1. The summed E-state index contributed by atoms with van der Waals surface area (Å²) in [6, 6.07) is 34.3. The quantitative estimate of drug-likeness (QED) is 0.166. The zero-order valence-corrected chi connectivity index (χ0v) is 33.5. The molecule has 1 aromatic heterocycles. The van der Waals surface area contributed by atoms with Gasteiger partial charge in [-0.15, -0.1) is 5.10 Å². The molecular weight excluding hydrogens is 721 g/mol. The molecule has 5 atom stereocenters. The van der Waals surface area contributed by atoms with Crippen LogP contribution in [0.15, 0.2) is 109 Å². The number of aliphatic hydroxyl groups excluding tert-OH is 1. The highest BCUT2D eigenvalue weighted by atomic mass is 28.3. The Bertz CT molecular complexity index is 2180. The summed E-state index contributed by atoms with van der Waals surface area (Å²) in [5.74, 6) is 0.405. The summed E-state index contributed by atoms with van der Waals surface area (Å²) >= 11 is 0. The number of aryl methyl sites for hydroxylation is 1. The number of methoxy groups -OCH3 is 1. The fraction of sp³-hybridized carbons (Fsp3) is 0.364. The Labute approximate surface area is 329 Å². The molecule has 2 saturated heterocycles. The molecule has 8 rings (SSSR count). The van der Waals surface area contributed by atoms with Crippen LogP contribution < -0.4 is 25.0 Å². The number of hydrogen-bond acceptors (Lipinski definition) is 8. The number of anilines is 2. The molecule has 11 nitrogen and oxygen atoms in total. The molecule has 3 aliphatic heterocycles. The van der Waals surface area contributed by atoms with E-state index in [1.807, 2.05) is 106 Å².